The summed E-state index contributed by atoms with van der Waals surface area (Å²) in [6.45, 7) is 2.70. The fraction of sp³-hybridized carbons (Fsp3) is 0.0794. The number of ether oxygens (including phenoxy) is 5. The normalized spacial score (nSPS) is 11.0. The van der Waals surface area contributed by atoms with Crippen LogP contribution in [0.3, 0.4) is 0 Å². The van der Waals surface area contributed by atoms with Crippen LogP contribution in [0.2, 0.25) is 10.0 Å². The molecule has 0 radical (unpaired) electrons. The van der Waals surface area contributed by atoms with Gasteiger partial charge in [-0.1, -0.05) is 460 Å². The number of benzene rings is 19. The van der Waals surface area contributed by atoms with Crippen molar-refractivity contribution in [3.05, 3.63) is 565 Å². The summed E-state index contributed by atoms with van der Waals surface area (Å²) in [6.07, 6.45) is 0. The van der Waals surface area contributed by atoms with E-state index in [-0.39, 0.29) is 51.8 Å². The molecule has 1 saturated heterocycles. The molecular weight excluding hydrogens is 2020 g/mol. The van der Waals surface area contributed by atoms with Crippen molar-refractivity contribution in [1.29, 1.82) is 0 Å². The number of carbonyl (C=O) groups excluding carboxylic acids is 2. The molecule has 1 fully saturated rings. The fourth-order valence-electron chi connectivity index (χ4n) is 15.6. The van der Waals surface area contributed by atoms with E-state index in [0.29, 0.717) is 71.7 Å². The number of ketones is 2. The number of rotatable bonds is 25. The molecule has 0 atom stereocenters. The molecule has 0 bridgehead atoms. The summed E-state index contributed by atoms with van der Waals surface area (Å²) in [5, 5.41) is 63.7. The largest absolute Gasteiger partial charge is 0.496 e. The molecule has 1 aliphatic heterocycles. The number of methoxy groups -OCH3 is 3. The Morgan fingerprint density at radius 2 is 0.418 bits per heavy atom. The molecule has 1 heterocycles. The predicted octanol–water partition coefficient (Wildman–Crippen LogP) is 22.2. The van der Waals surface area contributed by atoms with Crippen LogP contribution in [0.1, 0.15) is 48.5 Å². The van der Waals surface area contributed by atoms with Gasteiger partial charge in [0.2, 0.25) is 0 Å². The van der Waals surface area contributed by atoms with Crippen LogP contribution in [0, 0.1) is 0 Å². The zero-order valence-electron chi connectivity index (χ0n) is 81.1. The Balaban J connectivity index is 0.000000153. The third kappa shape index (κ3) is 33.6. The van der Waals surface area contributed by atoms with E-state index >= 15 is 0 Å². The molecule has 0 spiro atoms. The van der Waals surface area contributed by atoms with Gasteiger partial charge >= 0.3 is 7.12 Å². The molecule has 19 aromatic rings. The summed E-state index contributed by atoms with van der Waals surface area (Å²) < 4.78 is 25.4. The maximum atomic E-state index is 13.0. The SMILES string of the molecule is C1COCCO1.COc1ccc(-c2ccc(C(=O)c3ccc(-c4ccc(OC)c(CO)c4)cc3)cc2)cc1CO.COc1ccc(B(O)O)cc1CO.O=C(c1ccc(Cl)cc1)c1ccc(Cl)cc1.[Pd].c1ccc(P(c2ccccc2)c2ccccc2)cc1.c1ccc(P(c2ccccc2)c2ccccc2)cc1.c1ccc(P(c2ccccc2)c2ccccc2)cc1.c1ccc(P(c2ccccc2)c2ccccc2)cc1. The second-order valence-corrected chi connectivity index (χ2v) is 42.1. The molecule has 0 amide bonds. The molecule has 1 aliphatic rings. The maximum Gasteiger partial charge on any atom is 0.488 e. The number of hydrogen-bond acceptors (Lipinski definition) is 12. The van der Waals surface area contributed by atoms with Crippen LogP contribution >= 0.6 is 54.9 Å². The van der Waals surface area contributed by atoms with E-state index in [1.54, 1.807) is 68.8 Å². The minimum atomic E-state index is -1.52. The van der Waals surface area contributed by atoms with E-state index in [1.165, 1.54) is 82.9 Å². The van der Waals surface area contributed by atoms with Gasteiger partial charge in [0.15, 0.2) is 11.6 Å². The monoisotopic (exact) mass is 2130 g/mol. The van der Waals surface area contributed by atoms with Gasteiger partial charge in [0, 0.05) is 69.4 Å². The molecule has 0 saturated carbocycles. The first-order chi connectivity index (χ1) is 71.2. The van der Waals surface area contributed by atoms with Gasteiger partial charge in [0.05, 0.1) is 67.6 Å². The van der Waals surface area contributed by atoms with Crippen LogP contribution in [-0.4, -0.2) is 91.8 Å². The fourth-order valence-corrected chi connectivity index (χ4v) is 25.0. The van der Waals surface area contributed by atoms with Gasteiger partial charge in [-0.25, -0.2) is 0 Å². The summed E-state index contributed by atoms with van der Waals surface area (Å²) in [6, 6.07) is 174. The Hall–Kier alpha value is -13.3. The molecule has 5 N–H and O–H groups in total. The van der Waals surface area contributed by atoms with E-state index in [1.807, 2.05) is 84.9 Å². The van der Waals surface area contributed by atoms with Crippen LogP contribution in [0.5, 0.6) is 17.2 Å². The third-order valence-corrected chi connectivity index (χ3v) is 33.0. The van der Waals surface area contributed by atoms with Crippen LogP contribution < -0.4 is 83.3 Å². The second kappa shape index (κ2) is 61.2. The number of hydrogen-bond donors (Lipinski definition) is 5. The van der Waals surface area contributed by atoms with Gasteiger partial charge in [-0.2, -0.15) is 0 Å². The van der Waals surface area contributed by atoms with E-state index < -0.39 is 38.8 Å². The first-order valence-electron chi connectivity index (χ1n) is 47.2. The molecule has 20 rings (SSSR count). The molecule has 0 aliphatic carbocycles. The summed E-state index contributed by atoms with van der Waals surface area (Å²) in [7, 11) is 1.34. The van der Waals surface area contributed by atoms with E-state index in [0.717, 1.165) is 48.7 Å². The standard InChI is InChI=1S/C29H26O5.4C18H15P.C13H8Cl2O.C8H11BO4.C4H8O2.Pd/c1-33-27-13-11-23(15-25(27)17-30)19-3-7-21(8-4-19)29(32)22-9-5-20(6-10-22)24-12-14-28(34-2)26(16-24)18-31;4*1-4-10-16(11-5-1)19(17-12-6-2-7-13-17)18-14-8-3-9-15-18;14-11-5-1-9(2-6-11)13(16)10-3-7-12(15)8-4-10;1-13-8-3-2-7(9(11)12)4-6(8)5-10;1-2-6-4-3-5-1;/h3-16,30-31H,17-18H2,1-2H3;4*1-15H;1-8H;2-4,10-12H,5H2,1H3;1-4H2;. The predicted molar refractivity (Wildman–Crippen MR) is 609 cm³/mol. The van der Waals surface area contributed by atoms with E-state index in [2.05, 4.69) is 364 Å². The minimum absolute atomic E-state index is 0. The Bertz CT molecular complexity index is 5990. The van der Waals surface area contributed by atoms with Crippen LogP contribution in [0.4, 0.5) is 0 Å². The molecular formula is C126H113BCl2O12P4Pd. The van der Waals surface area contributed by atoms with Crippen LogP contribution in [-0.2, 0) is 49.7 Å². The zero-order valence-corrected chi connectivity index (χ0v) is 87.7. The summed E-state index contributed by atoms with van der Waals surface area (Å²) in [4.78, 5) is 25.0. The first kappa shape index (κ1) is 111. The topological polar surface area (TPSA) is 181 Å². The van der Waals surface area contributed by atoms with Crippen molar-refractivity contribution >= 4 is 143 Å². The Labute approximate surface area is 886 Å². The molecule has 736 valence electrons. The van der Waals surface area contributed by atoms with Gasteiger partial charge in [0.1, 0.15) is 17.2 Å². The van der Waals surface area contributed by atoms with Crippen LogP contribution in [0.15, 0.2) is 516 Å². The van der Waals surface area contributed by atoms with Crippen molar-refractivity contribution in [3.8, 4) is 39.5 Å². The van der Waals surface area contributed by atoms with Crippen molar-refractivity contribution in [1.82, 2.24) is 0 Å². The molecule has 0 aromatic heterocycles. The maximum absolute atomic E-state index is 13.0. The van der Waals surface area contributed by atoms with Crippen molar-refractivity contribution in [2.24, 2.45) is 0 Å². The van der Waals surface area contributed by atoms with Gasteiger partial charge < -0.3 is 49.1 Å². The van der Waals surface area contributed by atoms with Gasteiger partial charge in [0.25, 0.3) is 0 Å². The molecule has 12 nitrogen and oxygen atoms in total. The quantitative estimate of drug-likeness (QED) is 0.0208. The summed E-state index contributed by atoms with van der Waals surface area (Å²) >= 11 is 11.5. The van der Waals surface area contributed by atoms with Gasteiger partial charge in [-0.05, 0) is 202 Å². The number of aliphatic hydroxyl groups excluding tert-OH is 3. The average molecular weight is 2130 g/mol. The van der Waals surface area contributed by atoms with Crippen molar-refractivity contribution in [3.63, 3.8) is 0 Å². The Morgan fingerprint density at radius 1 is 0.247 bits per heavy atom. The smallest absolute Gasteiger partial charge is 0.488 e. The van der Waals surface area contributed by atoms with Crippen molar-refractivity contribution in [2.75, 3.05) is 47.8 Å². The van der Waals surface area contributed by atoms with Crippen LogP contribution in [0.25, 0.3) is 22.3 Å². The summed E-state index contributed by atoms with van der Waals surface area (Å²) in [5.74, 6) is 1.72. The first-order valence-corrected chi connectivity index (χ1v) is 53.3. The van der Waals surface area contributed by atoms with Crippen molar-refractivity contribution in [2.45, 2.75) is 19.8 Å². The summed E-state index contributed by atoms with van der Waals surface area (Å²) in [5.41, 5.74) is 8.50. The van der Waals surface area contributed by atoms with E-state index in [9.17, 15) is 19.8 Å². The number of halogens is 2. The van der Waals surface area contributed by atoms with Crippen molar-refractivity contribution < 1.29 is 79.1 Å². The third-order valence-electron chi connectivity index (χ3n) is 22.8. The average Bonchev–Trinajstić information content (AvgIpc) is 0.820. The van der Waals surface area contributed by atoms with Gasteiger partial charge in [-0.15, -0.1) is 0 Å². The molecule has 20 heteroatoms. The zero-order chi connectivity index (χ0) is 101. The van der Waals surface area contributed by atoms with Gasteiger partial charge in [-0.3, -0.25) is 9.59 Å². The van der Waals surface area contributed by atoms with E-state index in [4.69, 9.17) is 62.0 Å². The Kier molecular flexibility index (Phi) is 46.7. The molecule has 19 aromatic carbocycles. The molecule has 146 heavy (non-hydrogen) atoms. The Morgan fingerprint density at radius 3 is 0.589 bits per heavy atom. The minimum Gasteiger partial charge on any atom is -0.496 e. The molecule has 0 unspecified atom stereocenters. The number of aliphatic hydroxyl groups is 3. The number of carbonyl (C=O) groups is 2. The second-order valence-electron chi connectivity index (χ2n) is 32.4.